The molecule has 0 unspecified atom stereocenters. The standard InChI is InChI=1S/C17H17F3N4O3S/c1-4-27-10-6-13(28(25,26)5-2)15(22-8-10)16-23-11-7-14(17(18,19)20)21-9-12(11)24(16)3/h6-9H,4-5H2,1-3H3. The van der Waals surface area contributed by atoms with E-state index in [1.54, 1.807) is 14.0 Å². The molecule has 150 valence electrons. The highest BCUT2D eigenvalue weighted by molar-refractivity contribution is 7.91. The van der Waals surface area contributed by atoms with E-state index < -0.39 is 21.7 Å². The fraction of sp³-hybridized carbons (Fsp3) is 0.353. The molecular weight excluding hydrogens is 397 g/mol. The van der Waals surface area contributed by atoms with Gasteiger partial charge in [-0.1, -0.05) is 6.92 Å². The Morgan fingerprint density at radius 1 is 1.14 bits per heavy atom. The van der Waals surface area contributed by atoms with Crippen molar-refractivity contribution in [2.75, 3.05) is 12.4 Å². The lowest BCUT2D eigenvalue weighted by Crippen LogP contribution is -2.09. The predicted molar refractivity (Wildman–Crippen MR) is 95.6 cm³/mol. The molecule has 0 amide bonds. The molecule has 0 N–H and O–H groups in total. The second-order valence-electron chi connectivity index (χ2n) is 5.90. The number of imidazole rings is 1. The Kier molecular flexibility index (Phi) is 5.04. The highest BCUT2D eigenvalue weighted by Gasteiger charge is 2.33. The molecule has 0 radical (unpaired) electrons. The van der Waals surface area contributed by atoms with Gasteiger partial charge in [-0.05, 0) is 13.0 Å². The number of hydrogen-bond acceptors (Lipinski definition) is 6. The normalized spacial score (nSPS) is 12.5. The molecule has 3 aromatic heterocycles. The summed E-state index contributed by atoms with van der Waals surface area (Å²) in [5.41, 5.74) is -0.683. The van der Waals surface area contributed by atoms with Gasteiger partial charge in [-0.2, -0.15) is 13.2 Å². The van der Waals surface area contributed by atoms with E-state index in [2.05, 4.69) is 15.0 Å². The van der Waals surface area contributed by atoms with Gasteiger partial charge < -0.3 is 9.30 Å². The van der Waals surface area contributed by atoms with Gasteiger partial charge in [-0.3, -0.25) is 0 Å². The average Bonchev–Trinajstić information content (AvgIpc) is 2.97. The van der Waals surface area contributed by atoms with Crippen LogP contribution in [0.1, 0.15) is 19.5 Å². The number of pyridine rings is 2. The Morgan fingerprint density at radius 3 is 2.46 bits per heavy atom. The molecule has 0 fully saturated rings. The first-order chi connectivity index (χ1) is 13.1. The van der Waals surface area contributed by atoms with Gasteiger partial charge in [0.1, 0.15) is 22.0 Å². The predicted octanol–water partition coefficient (Wildman–Crippen LogP) is 3.24. The molecule has 11 heteroatoms. The largest absolute Gasteiger partial charge is 0.492 e. The number of nitrogens with zero attached hydrogens (tertiary/aromatic N) is 4. The summed E-state index contributed by atoms with van der Waals surface area (Å²) >= 11 is 0. The van der Waals surface area contributed by atoms with Crippen molar-refractivity contribution in [2.45, 2.75) is 24.9 Å². The van der Waals surface area contributed by atoms with Crippen LogP contribution in [0.15, 0.2) is 29.4 Å². The Hall–Kier alpha value is -2.69. The number of aromatic nitrogens is 4. The van der Waals surface area contributed by atoms with Gasteiger partial charge in [0.25, 0.3) is 0 Å². The van der Waals surface area contributed by atoms with Crippen molar-refractivity contribution in [3.8, 4) is 17.3 Å². The van der Waals surface area contributed by atoms with E-state index in [0.717, 1.165) is 12.3 Å². The second-order valence-corrected chi connectivity index (χ2v) is 8.15. The first kappa shape index (κ1) is 20.1. The van der Waals surface area contributed by atoms with Crippen LogP contribution in [0.4, 0.5) is 13.2 Å². The lowest BCUT2D eigenvalue weighted by atomic mass is 10.3. The van der Waals surface area contributed by atoms with Crippen LogP contribution >= 0.6 is 0 Å². The minimum atomic E-state index is -4.61. The monoisotopic (exact) mass is 414 g/mol. The van der Waals surface area contributed by atoms with E-state index in [0.29, 0.717) is 12.1 Å². The zero-order valence-electron chi connectivity index (χ0n) is 15.3. The summed E-state index contributed by atoms with van der Waals surface area (Å²) in [5.74, 6) is 0.213. The average molecular weight is 414 g/mol. The third kappa shape index (κ3) is 3.53. The van der Waals surface area contributed by atoms with Crippen molar-refractivity contribution in [3.63, 3.8) is 0 Å². The number of ether oxygens (including phenoxy) is 1. The van der Waals surface area contributed by atoms with Crippen molar-refractivity contribution in [1.82, 2.24) is 19.5 Å². The number of alkyl halides is 3. The van der Waals surface area contributed by atoms with Crippen molar-refractivity contribution < 1.29 is 26.3 Å². The third-order valence-electron chi connectivity index (χ3n) is 4.12. The SMILES string of the molecule is CCOc1cnc(-c2nc3cc(C(F)(F)F)ncc3n2C)c(S(=O)(=O)CC)c1. The van der Waals surface area contributed by atoms with Crippen LogP contribution in [0.25, 0.3) is 22.6 Å². The summed E-state index contributed by atoms with van der Waals surface area (Å²) in [5, 5.41) is 0. The van der Waals surface area contributed by atoms with E-state index in [1.807, 2.05) is 0 Å². The maximum atomic E-state index is 12.9. The number of sulfone groups is 1. The quantitative estimate of drug-likeness (QED) is 0.637. The summed E-state index contributed by atoms with van der Waals surface area (Å²) < 4.78 is 70.7. The molecule has 0 saturated heterocycles. The van der Waals surface area contributed by atoms with E-state index in [4.69, 9.17) is 4.74 Å². The molecule has 3 aromatic rings. The second kappa shape index (κ2) is 7.04. The topological polar surface area (TPSA) is 87.0 Å². The van der Waals surface area contributed by atoms with Crippen LogP contribution in [0.5, 0.6) is 5.75 Å². The number of rotatable bonds is 5. The Morgan fingerprint density at radius 2 is 1.86 bits per heavy atom. The van der Waals surface area contributed by atoms with Crippen LogP contribution in [0, 0.1) is 0 Å². The molecule has 0 saturated carbocycles. The van der Waals surface area contributed by atoms with Crippen LogP contribution < -0.4 is 4.74 Å². The summed E-state index contributed by atoms with van der Waals surface area (Å²) in [6.07, 6.45) is -2.20. The lowest BCUT2D eigenvalue weighted by molar-refractivity contribution is -0.141. The Labute approximate surface area is 159 Å². The first-order valence-corrected chi connectivity index (χ1v) is 9.99. The minimum absolute atomic E-state index is 0.0374. The van der Waals surface area contributed by atoms with Crippen LogP contribution in [0.2, 0.25) is 0 Å². The zero-order chi connectivity index (χ0) is 20.7. The van der Waals surface area contributed by atoms with Gasteiger partial charge in [0.2, 0.25) is 0 Å². The summed E-state index contributed by atoms with van der Waals surface area (Å²) in [6, 6.07) is 2.17. The van der Waals surface area contributed by atoms with Crippen molar-refractivity contribution in [3.05, 3.63) is 30.2 Å². The fourth-order valence-electron chi connectivity index (χ4n) is 2.69. The zero-order valence-corrected chi connectivity index (χ0v) is 16.1. The van der Waals surface area contributed by atoms with Gasteiger partial charge in [-0.25, -0.2) is 23.4 Å². The molecule has 3 rings (SSSR count). The Bertz CT molecular complexity index is 1140. The maximum absolute atomic E-state index is 12.9. The van der Waals surface area contributed by atoms with E-state index in [9.17, 15) is 21.6 Å². The van der Waals surface area contributed by atoms with Crippen molar-refractivity contribution >= 4 is 20.9 Å². The number of hydrogen-bond donors (Lipinski definition) is 0. The highest BCUT2D eigenvalue weighted by atomic mass is 32.2. The Balaban J connectivity index is 2.25. The molecule has 0 aliphatic heterocycles. The molecule has 0 bridgehead atoms. The molecule has 0 aliphatic rings. The molecule has 0 aliphatic carbocycles. The molecule has 0 spiro atoms. The molecular formula is C17H17F3N4O3S. The summed E-state index contributed by atoms with van der Waals surface area (Å²) in [4.78, 5) is 11.7. The first-order valence-electron chi connectivity index (χ1n) is 8.34. The van der Waals surface area contributed by atoms with Gasteiger partial charge in [0, 0.05) is 13.1 Å². The number of fused-ring (bicyclic) bond motifs is 1. The van der Waals surface area contributed by atoms with Gasteiger partial charge >= 0.3 is 6.18 Å². The van der Waals surface area contributed by atoms with Gasteiger partial charge in [-0.15, -0.1) is 0 Å². The smallest absolute Gasteiger partial charge is 0.433 e. The van der Waals surface area contributed by atoms with Crippen LogP contribution in [0.3, 0.4) is 0 Å². The number of halogens is 3. The lowest BCUT2D eigenvalue weighted by Gasteiger charge is -2.11. The van der Waals surface area contributed by atoms with Crippen molar-refractivity contribution in [2.24, 2.45) is 7.05 Å². The minimum Gasteiger partial charge on any atom is -0.492 e. The van der Waals surface area contributed by atoms with E-state index in [1.165, 1.54) is 23.8 Å². The van der Waals surface area contributed by atoms with Gasteiger partial charge in [0.05, 0.1) is 35.8 Å². The summed E-state index contributed by atoms with van der Waals surface area (Å²) in [6.45, 7) is 3.56. The molecule has 0 atom stereocenters. The van der Waals surface area contributed by atoms with E-state index >= 15 is 0 Å². The molecule has 7 nitrogen and oxygen atoms in total. The third-order valence-corrected chi connectivity index (χ3v) is 5.86. The van der Waals surface area contributed by atoms with Crippen LogP contribution in [-0.2, 0) is 23.1 Å². The van der Waals surface area contributed by atoms with Gasteiger partial charge in [0.15, 0.2) is 15.7 Å². The molecule has 0 aromatic carbocycles. The highest BCUT2D eigenvalue weighted by Crippen LogP contribution is 2.33. The molecule has 28 heavy (non-hydrogen) atoms. The molecule has 3 heterocycles. The summed E-state index contributed by atoms with van der Waals surface area (Å²) in [7, 11) is -2.14. The van der Waals surface area contributed by atoms with Crippen molar-refractivity contribution in [1.29, 1.82) is 0 Å². The fourth-order valence-corrected chi connectivity index (χ4v) is 3.73. The van der Waals surface area contributed by atoms with Crippen LogP contribution in [-0.4, -0.2) is 40.3 Å². The van der Waals surface area contributed by atoms with E-state index in [-0.39, 0.29) is 33.4 Å². The maximum Gasteiger partial charge on any atom is 0.433 e. The number of aryl methyl sites for hydroxylation is 1.